The minimum Gasteiger partial charge on any atom is -0.504 e. The summed E-state index contributed by atoms with van der Waals surface area (Å²) >= 11 is 0. The van der Waals surface area contributed by atoms with Crippen LogP contribution < -0.4 is 15.5 Å². The smallest absolute Gasteiger partial charge is 0.329 e. The number of nitrogens with zero attached hydrogens (tertiary/aromatic N) is 1. The second kappa shape index (κ2) is 7.44. The van der Waals surface area contributed by atoms with Gasteiger partial charge >= 0.3 is 11.8 Å². The lowest BCUT2D eigenvalue weighted by atomic mass is 10.1. The van der Waals surface area contributed by atoms with Crippen molar-refractivity contribution >= 4 is 18.0 Å². The maximum Gasteiger partial charge on any atom is 0.329 e. The van der Waals surface area contributed by atoms with Crippen molar-refractivity contribution in [2.75, 3.05) is 7.11 Å². The van der Waals surface area contributed by atoms with Crippen LogP contribution in [0.25, 0.3) is 0 Å². The quantitative estimate of drug-likeness (QED) is 0.313. The third-order valence-electron chi connectivity index (χ3n) is 3.26. The van der Waals surface area contributed by atoms with Crippen molar-refractivity contribution in [2.24, 2.45) is 5.10 Å². The van der Waals surface area contributed by atoms with Crippen LogP contribution in [-0.4, -0.2) is 36.3 Å². The molecule has 0 aliphatic heterocycles. The summed E-state index contributed by atoms with van der Waals surface area (Å²) in [5.41, 5.74) is 3.40. The molecule has 122 valence electrons. The van der Waals surface area contributed by atoms with E-state index in [0.717, 1.165) is 12.8 Å². The van der Waals surface area contributed by atoms with Crippen molar-refractivity contribution in [1.82, 2.24) is 10.7 Å². The predicted molar refractivity (Wildman–Crippen MR) is 85.5 cm³/mol. The summed E-state index contributed by atoms with van der Waals surface area (Å²) in [6, 6.07) is 3.38. The van der Waals surface area contributed by atoms with Crippen LogP contribution in [0.15, 0.2) is 29.9 Å². The number of phenolic OH excluding ortho intramolecular Hbond substituents is 1. The molecule has 0 aromatic heterocycles. The Morgan fingerprint density at radius 1 is 1.43 bits per heavy atom. The highest BCUT2D eigenvalue weighted by Gasteiger charge is 2.26. The van der Waals surface area contributed by atoms with Crippen LogP contribution in [0.4, 0.5) is 0 Å². The number of hydrogen-bond donors (Lipinski definition) is 3. The Labute approximate surface area is 134 Å². The summed E-state index contributed by atoms with van der Waals surface area (Å²) < 4.78 is 5.09. The second-order valence-electron chi connectivity index (χ2n) is 5.17. The van der Waals surface area contributed by atoms with Gasteiger partial charge in [0.2, 0.25) is 0 Å². The topological polar surface area (TPSA) is 100 Å². The van der Waals surface area contributed by atoms with E-state index in [1.54, 1.807) is 18.2 Å². The third kappa shape index (κ3) is 4.57. The molecule has 1 aliphatic rings. The van der Waals surface area contributed by atoms with E-state index in [2.05, 4.69) is 22.4 Å². The zero-order chi connectivity index (χ0) is 16.8. The fourth-order valence-corrected chi connectivity index (χ4v) is 1.93. The molecule has 1 aromatic carbocycles. The Kier molecular flexibility index (Phi) is 5.35. The molecule has 1 aromatic rings. The Hall–Kier alpha value is -2.83. The number of allylic oxidation sites excluding steroid dienone is 1. The minimum absolute atomic E-state index is 0.0393. The van der Waals surface area contributed by atoms with E-state index in [1.807, 2.05) is 0 Å². The van der Waals surface area contributed by atoms with Gasteiger partial charge in [-0.1, -0.05) is 6.08 Å². The number of hydrogen-bond acceptors (Lipinski definition) is 5. The van der Waals surface area contributed by atoms with E-state index in [4.69, 9.17) is 4.74 Å². The number of aromatic hydroxyl groups is 1. The van der Waals surface area contributed by atoms with Crippen molar-refractivity contribution in [1.29, 1.82) is 0 Å². The zero-order valence-corrected chi connectivity index (χ0v) is 12.8. The summed E-state index contributed by atoms with van der Waals surface area (Å²) in [5.74, 6) is -1.17. The summed E-state index contributed by atoms with van der Waals surface area (Å²) in [6.07, 6.45) is 5.29. The number of carbonyl (C=O) groups is 2. The van der Waals surface area contributed by atoms with Crippen LogP contribution in [0.3, 0.4) is 0 Å². The molecule has 0 atom stereocenters. The highest BCUT2D eigenvalue weighted by molar-refractivity contribution is 6.35. The van der Waals surface area contributed by atoms with Crippen molar-refractivity contribution in [3.05, 3.63) is 35.9 Å². The third-order valence-corrected chi connectivity index (χ3v) is 3.26. The van der Waals surface area contributed by atoms with Crippen molar-refractivity contribution in [3.63, 3.8) is 0 Å². The van der Waals surface area contributed by atoms with Gasteiger partial charge in [-0.3, -0.25) is 9.59 Å². The highest BCUT2D eigenvalue weighted by atomic mass is 16.5. The Bertz CT molecular complexity index is 651. The second-order valence-corrected chi connectivity index (χ2v) is 5.17. The molecule has 0 bridgehead atoms. The first-order valence-electron chi connectivity index (χ1n) is 7.19. The van der Waals surface area contributed by atoms with E-state index in [0.29, 0.717) is 23.3 Å². The number of carbonyl (C=O) groups excluding carboxylic acids is 2. The SMILES string of the molecule is C=CCc1cc(/C=N/NC(=O)C(=O)NC2CC2)cc(OC)c1O. The molecular formula is C16H19N3O4. The van der Waals surface area contributed by atoms with E-state index >= 15 is 0 Å². The standard InChI is InChI=1S/C16H19N3O4/c1-3-4-11-7-10(8-13(23-2)14(11)20)9-17-19-16(22)15(21)18-12-5-6-12/h3,7-9,12,20H,1,4-6H2,2H3,(H,18,21)(H,19,22)/b17-9+. The molecule has 0 saturated heterocycles. The van der Waals surface area contributed by atoms with Gasteiger partial charge in [0.25, 0.3) is 0 Å². The number of phenols is 1. The Morgan fingerprint density at radius 2 is 2.17 bits per heavy atom. The molecule has 1 saturated carbocycles. The molecule has 0 unspecified atom stereocenters. The summed E-state index contributed by atoms with van der Waals surface area (Å²) in [6.45, 7) is 3.63. The average Bonchev–Trinajstić information content (AvgIpc) is 3.34. The number of hydrazone groups is 1. The zero-order valence-electron chi connectivity index (χ0n) is 12.8. The van der Waals surface area contributed by atoms with Gasteiger partial charge in [-0.05, 0) is 37.0 Å². The van der Waals surface area contributed by atoms with Gasteiger partial charge < -0.3 is 15.2 Å². The molecule has 2 rings (SSSR count). The molecule has 7 nitrogen and oxygen atoms in total. The maximum absolute atomic E-state index is 11.5. The average molecular weight is 317 g/mol. The van der Waals surface area contributed by atoms with E-state index in [-0.39, 0.29) is 11.8 Å². The molecule has 0 spiro atoms. The van der Waals surface area contributed by atoms with Crippen molar-refractivity contribution in [2.45, 2.75) is 25.3 Å². The van der Waals surface area contributed by atoms with Gasteiger partial charge in [0.05, 0.1) is 13.3 Å². The van der Waals surface area contributed by atoms with E-state index in [9.17, 15) is 14.7 Å². The van der Waals surface area contributed by atoms with Crippen molar-refractivity contribution < 1.29 is 19.4 Å². The van der Waals surface area contributed by atoms with Crippen LogP contribution >= 0.6 is 0 Å². The molecule has 2 amide bonds. The number of amides is 2. The molecule has 1 aliphatic carbocycles. The summed E-state index contributed by atoms with van der Waals surface area (Å²) in [4.78, 5) is 23.0. The van der Waals surface area contributed by atoms with Gasteiger partial charge in [0.1, 0.15) is 0 Å². The minimum atomic E-state index is -0.815. The van der Waals surface area contributed by atoms with Crippen LogP contribution in [-0.2, 0) is 16.0 Å². The van der Waals surface area contributed by atoms with Crippen molar-refractivity contribution in [3.8, 4) is 11.5 Å². The molecule has 0 heterocycles. The van der Waals surface area contributed by atoms with E-state index < -0.39 is 11.8 Å². The number of methoxy groups -OCH3 is 1. The van der Waals surface area contributed by atoms with Crippen LogP contribution in [0.1, 0.15) is 24.0 Å². The number of ether oxygens (including phenoxy) is 1. The molecule has 0 radical (unpaired) electrons. The number of rotatable bonds is 6. The predicted octanol–water partition coefficient (Wildman–Crippen LogP) is 0.858. The Morgan fingerprint density at radius 3 is 2.78 bits per heavy atom. The number of nitrogens with one attached hydrogen (secondary N) is 2. The van der Waals surface area contributed by atoms with Gasteiger partial charge in [-0.2, -0.15) is 5.10 Å². The summed E-state index contributed by atoms with van der Waals surface area (Å²) in [5, 5.41) is 16.3. The molecule has 7 heteroatoms. The Balaban J connectivity index is 2.03. The molecule has 3 N–H and O–H groups in total. The van der Waals surface area contributed by atoms with Gasteiger partial charge in [-0.15, -0.1) is 6.58 Å². The van der Waals surface area contributed by atoms with Crippen LogP contribution in [0.5, 0.6) is 11.5 Å². The maximum atomic E-state index is 11.5. The molecule has 23 heavy (non-hydrogen) atoms. The normalized spacial score (nSPS) is 13.6. The van der Waals surface area contributed by atoms with Gasteiger partial charge in [0, 0.05) is 11.6 Å². The van der Waals surface area contributed by atoms with Crippen LogP contribution in [0.2, 0.25) is 0 Å². The largest absolute Gasteiger partial charge is 0.504 e. The highest BCUT2D eigenvalue weighted by Crippen LogP contribution is 2.31. The van der Waals surface area contributed by atoms with Gasteiger partial charge in [0.15, 0.2) is 11.5 Å². The molecular weight excluding hydrogens is 298 g/mol. The molecule has 1 fully saturated rings. The lowest BCUT2D eigenvalue weighted by Crippen LogP contribution is -2.38. The first-order valence-corrected chi connectivity index (χ1v) is 7.19. The lowest BCUT2D eigenvalue weighted by Gasteiger charge is -2.09. The monoisotopic (exact) mass is 317 g/mol. The fourth-order valence-electron chi connectivity index (χ4n) is 1.93. The van der Waals surface area contributed by atoms with Gasteiger partial charge in [-0.25, -0.2) is 5.43 Å². The first kappa shape index (κ1) is 16.5. The summed E-state index contributed by atoms with van der Waals surface area (Å²) in [7, 11) is 1.44. The van der Waals surface area contributed by atoms with Crippen LogP contribution in [0, 0.1) is 0 Å². The number of benzene rings is 1. The first-order chi connectivity index (χ1) is 11.0. The fraction of sp³-hybridized carbons (Fsp3) is 0.312. The lowest BCUT2D eigenvalue weighted by molar-refractivity contribution is -0.139. The van der Waals surface area contributed by atoms with E-state index in [1.165, 1.54) is 13.3 Å².